The van der Waals surface area contributed by atoms with Crippen molar-refractivity contribution >= 4 is 11.7 Å². The quantitative estimate of drug-likeness (QED) is 0.673. The highest BCUT2D eigenvalue weighted by Gasteiger charge is 2.36. The average Bonchev–Trinajstić information content (AvgIpc) is 2.78. The van der Waals surface area contributed by atoms with Gasteiger partial charge in [0.1, 0.15) is 5.75 Å². The van der Waals surface area contributed by atoms with E-state index in [9.17, 15) is 10.1 Å². The van der Waals surface area contributed by atoms with E-state index in [4.69, 9.17) is 9.47 Å². The first kappa shape index (κ1) is 20.7. The lowest BCUT2D eigenvalue weighted by Crippen LogP contribution is -2.50. The first-order valence-electron chi connectivity index (χ1n) is 9.92. The van der Waals surface area contributed by atoms with E-state index in [0.717, 1.165) is 37.5 Å². The molecule has 0 spiro atoms. The molecule has 6 nitrogen and oxygen atoms in total. The molecule has 0 radical (unpaired) electrons. The molecule has 3 rings (SSSR count). The molecule has 0 amide bonds. The van der Waals surface area contributed by atoms with E-state index in [1.807, 2.05) is 42.5 Å². The maximum Gasteiger partial charge on any atom is 0.325 e. The van der Waals surface area contributed by atoms with Crippen LogP contribution in [0.4, 0.5) is 5.69 Å². The van der Waals surface area contributed by atoms with E-state index in [-0.39, 0.29) is 12.6 Å². The summed E-state index contributed by atoms with van der Waals surface area (Å²) in [6.45, 7) is 5.18. The van der Waals surface area contributed by atoms with E-state index in [1.54, 1.807) is 14.0 Å². The number of methoxy groups -OCH3 is 1. The highest BCUT2D eigenvalue weighted by atomic mass is 16.5. The Morgan fingerprint density at radius 1 is 1.07 bits per heavy atom. The predicted molar refractivity (Wildman–Crippen MR) is 112 cm³/mol. The highest BCUT2D eigenvalue weighted by molar-refractivity contribution is 5.76. The van der Waals surface area contributed by atoms with Crippen molar-refractivity contribution in [3.05, 3.63) is 60.2 Å². The topological polar surface area (TPSA) is 65.8 Å². The molecule has 2 atom stereocenters. The molecular formula is C23H27N3O3. The second-order valence-corrected chi connectivity index (χ2v) is 6.94. The number of para-hydroxylation sites is 1. The maximum atomic E-state index is 12.5. The van der Waals surface area contributed by atoms with E-state index < -0.39 is 11.9 Å². The number of piperazine rings is 1. The Hall–Kier alpha value is -3.04. The number of hydrogen-bond donors (Lipinski definition) is 0. The molecule has 0 bridgehead atoms. The summed E-state index contributed by atoms with van der Waals surface area (Å²) in [7, 11) is 1.62. The normalized spacial score (nSPS) is 16.5. The van der Waals surface area contributed by atoms with Crippen molar-refractivity contribution in [2.24, 2.45) is 5.92 Å². The third-order valence-electron chi connectivity index (χ3n) is 5.28. The van der Waals surface area contributed by atoms with E-state index in [0.29, 0.717) is 0 Å². The van der Waals surface area contributed by atoms with Crippen LogP contribution in [-0.2, 0) is 9.53 Å². The van der Waals surface area contributed by atoms with Crippen LogP contribution >= 0.6 is 0 Å². The number of nitrogens with zero attached hydrogens (tertiary/aromatic N) is 3. The molecule has 0 unspecified atom stereocenters. The van der Waals surface area contributed by atoms with Gasteiger partial charge in [-0.25, -0.2) is 0 Å². The zero-order chi connectivity index (χ0) is 20.6. The second kappa shape index (κ2) is 9.94. The van der Waals surface area contributed by atoms with Crippen LogP contribution in [0.15, 0.2) is 54.6 Å². The van der Waals surface area contributed by atoms with Crippen LogP contribution in [-0.4, -0.2) is 50.8 Å². The molecule has 1 aliphatic rings. The van der Waals surface area contributed by atoms with Gasteiger partial charge in [-0.15, -0.1) is 0 Å². The van der Waals surface area contributed by atoms with Crippen LogP contribution in [0.2, 0.25) is 0 Å². The van der Waals surface area contributed by atoms with Crippen molar-refractivity contribution in [2.45, 2.75) is 13.0 Å². The Morgan fingerprint density at radius 3 is 2.28 bits per heavy atom. The fourth-order valence-electron chi connectivity index (χ4n) is 3.80. The number of hydrogen-bond acceptors (Lipinski definition) is 6. The van der Waals surface area contributed by atoms with Gasteiger partial charge in [0.2, 0.25) is 0 Å². The van der Waals surface area contributed by atoms with Gasteiger partial charge in [-0.2, -0.15) is 5.26 Å². The molecule has 152 valence electrons. The molecule has 0 N–H and O–H groups in total. The highest BCUT2D eigenvalue weighted by Crippen LogP contribution is 2.32. The number of anilines is 1. The van der Waals surface area contributed by atoms with Gasteiger partial charge in [-0.05, 0) is 36.8 Å². The molecular weight excluding hydrogens is 366 g/mol. The van der Waals surface area contributed by atoms with Crippen LogP contribution in [0.3, 0.4) is 0 Å². The van der Waals surface area contributed by atoms with E-state index in [1.165, 1.54) is 5.69 Å². The van der Waals surface area contributed by atoms with Crippen molar-refractivity contribution in [3.8, 4) is 11.8 Å². The molecule has 6 heteroatoms. The van der Waals surface area contributed by atoms with Crippen molar-refractivity contribution in [2.75, 3.05) is 44.8 Å². The second-order valence-electron chi connectivity index (χ2n) is 6.94. The molecule has 0 aromatic heterocycles. The fourth-order valence-corrected chi connectivity index (χ4v) is 3.80. The van der Waals surface area contributed by atoms with Gasteiger partial charge < -0.3 is 14.4 Å². The number of esters is 1. The van der Waals surface area contributed by atoms with Crippen molar-refractivity contribution in [3.63, 3.8) is 0 Å². The lowest BCUT2D eigenvalue weighted by Gasteiger charge is -2.41. The lowest BCUT2D eigenvalue weighted by atomic mass is 9.91. The summed E-state index contributed by atoms with van der Waals surface area (Å²) in [5.41, 5.74) is 2.11. The smallest absolute Gasteiger partial charge is 0.325 e. The van der Waals surface area contributed by atoms with Gasteiger partial charge in [0, 0.05) is 31.9 Å². The molecule has 1 aliphatic heterocycles. The summed E-state index contributed by atoms with van der Waals surface area (Å²) in [4.78, 5) is 17.1. The molecule has 0 aliphatic carbocycles. The molecule has 1 fully saturated rings. The minimum atomic E-state index is -0.883. The number of nitriles is 1. The van der Waals surface area contributed by atoms with E-state index in [2.05, 4.69) is 28.0 Å². The number of carbonyl (C=O) groups excluding carboxylic acids is 1. The summed E-state index contributed by atoms with van der Waals surface area (Å²) >= 11 is 0. The van der Waals surface area contributed by atoms with Gasteiger partial charge in [0.05, 0.1) is 25.8 Å². The zero-order valence-electron chi connectivity index (χ0n) is 17.0. The van der Waals surface area contributed by atoms with Gasteiger partial charge in [0.15, 0.2) is 5.92 Å². The summed E-state index contributed by atoms with van der Waals surface area (Å²) in [6, 6.07) is 19.7. The zero-order valence-corrected chi connectivity index (χ0v) is 17.0. The Labute approximate surface area is 172 Å². The van der Waals surface area contributed by atoms with Crippen molar-refractivity contribution < 1.29 is 14.3 Å². The first-order chi connectivity index (χ1) is 14.2. The third-order valence-corrected chi connectivity index (χ3v) is 5.28. The average molecular weight is 393 g/mol. The summed E-state index contributed by atoms with van der Waals surface area (Å²) in [5, 5.41) is 9.80. The summed E-state index contributed by atoms with van der Waals surface area (Å²) in [5.74, 6) is -0.612. The largest absolute Gasteiger partial charge is 0.497 e. The molecule has 29 heavy (non-hydrogen) atoms. The van der Waals surface area contributed by atoms with Crippen LogP contribution in [0, 0.1) is 17.2 Å². The predicted octanol–water partition coefficient (Wildman–Crippen LogP) is 3.26. The lowest BCUT2D eigenvalue weighted by molar-refractivity contribution is -0.148. The minimum Gasteiger partial charge on any atom is -0.497 e. The Morgan fingerprint density at radius 2 is 1.72 bits per heavy atom. The molecule has 2 aromatic carbocycles. The van der Waals surface area contributed by atoms with Crippen LogP contribution in [0.5, 0.6) is 5.75 Å². The fraction of sp³-hybridized carbons (Fsp3) is 0.391. The monoisotopic (exact) mass is 393 g/mol. The molecule has 1 heterocycles. The SMILES string of the molecule is CCOC(=O)[C@H](C#N)[C@H](c1ccc(OC)cc1)N1CCN(c2ccccc2)CC1. The Balaban J connectivity index is 1.83. The maximum absolute atomic E-state index is 12.5. The summed E-state index contributed by atoms with van der Waals surface area (Å²) in [6.07, 6.45) is 0. The summed E-state index contributed by atoms with van der Waals surface area (Å²) < 4.78 is 10.5. The van der Waals surface area contributed by atoms with Crippen molar-refractivity contribution in [1.82, 2.24) is 4.90 Å². The van der Waals surface area contributed by atoms with Gasteiger partial charge in [-0.3, -0.25) is 9.69 Å². The standard InChI is InChI=1S/C23H27N3O3/c1-3-29-23(27)21(17-24)22(18-9-11-20(28-2)12-10-18)26-15-13-25(14-16-26)19-7-5-4-6-8-19/h4-12,21-22H,3,13-16H2,1-2H3/t21-,22+/m1/s1. The number of carbonyl (C=O) groups is 1. The third kappa shape index (κ3) is 4.87. The first-order valence-corrected chi connectivity index (χ1v) is 9.92. The van der Waals surface area contributed by atoms with Crippen molar-refractivity contribution in [1.29, 1.82) is 5.26 Å². The van der Waals surface area contributed by atoms with Crippen LogP contribution < -0.4 is 9.64 Å². The number of ether oxygens (including phenoxy) is 2. The molecule has 2 aromatic rings. The molecule has 0 saturated carbocycles. The van der Waals surface area contributed by atoms with Gasteiger partial charge >= 0.3 is 5.97 Å². The van der Waals surface area contributed by atoms with Gasteiger partial charge in [0.25, 0.3) is 0 Å². The van der Waals surface area contributed by atoms with E-state index >= 15 is 0 Å². The van der Waals surface area contributed by atoms with Crippen LogP contribution in [0.1, 0.15) is 18.5 Å². The molecule has 1 saturated heterocycles. The Kier molecular flexibility index (Phi) is 7.09. The Bertz CT molecular complexity index is 825. The van der Waals surface area contributed by atoms with Gasteiger partial charge in [-0.1, -0.05) is 30.3 Å². The number of rotatable bonds is 7. The minimum absolute atomic E-state index is 0.258. The van der Waals surface area contributed by atoms with Crippen LogP contribution in [0.25, 0.3) is 0 Å². The number of benzene rings is 2.